The molecule has 0 unspecified atom stereocenters. The van der Waals surface area contributed by atoms with Gasteiger partial charge in [-0.25, -0.2) is 0 Å². The van der Waals surface area contributed by atoms with Crippen molar-refractivity contribution in [1.29, 1.82) is 0 Å². The number of esters is 1. The lowest BCUT2D eigenvalue weighted by molar-refractivity contribution is -0.870. The molecule has 0 saturated carbocycles. The van der Waals surface area contributed by atoms with E-state index in [1.807, 2.05) is 0 Å². The van der Waals surface area contributed by atoms with Gasteiger partial charge in [0.1, 0.15) is 13.2 Å². The molecule has 0 aliphatic rings. The number of carbonyl (C=O) groups excluding carboxylic acids is 1. The first-order valence-corrected chi connectivity index (χ1v) is 10.7. The molecule has 28 heavy (non-hydrogen) atoms. The molecule has 0 saturated heterocycles. The fraction of sp³-hybridized carbons (Fsp3) is 0.560. The minimum Gasteiger partial charge on any atom is -0.460 e. The Labute approximate surface area is 173 Å². The van der Waals surface area contributed by atoms with Gasteiger partial charge in [0, 0.05) is 6.42 Å². The third-order valence-electron chi connectivity index (χ3n) is 3.93. The third-order valence-corrected chi connectivity index (χ3v) is 3.93. The number of unbranched alkanes of at least 4 members (excludes halogenated alkanes) is 1. The largest absolute Gasteiger partial charge is 0.460 e. The molecule has 3 heteroatoms. The fourth-order valence-corrected chi connectivity index (χ4v) is 2.24. The minimum atomic E-state index is -0.0826. The summed E-state index contributed by atoms with van der Waals surface area (Å²) in [6.45, 7) is 3.50. The van der Waals surface area contributed by atoms with Gasteiger partial charge in [-0.05, 0) is 44.9 Å². The van der Waals surface area contributed by atoms with Crippen LogP contribution in [0.1, 0.15) is 58.3 Å². The van der Waals surface area contributed by atoms with Gasteiger partial charge in [0.25, 0.3) is 0 Å². The molecular weight excluding hydrogens is 346 g/mol. The quantitative estimate of drug-likeness (QED) is 0.137. The number of allylic oxidation sites excluding steroid dienone is 10. The number of nitrogens with zero attached hydrogens (tertiary/aromatic N) is 1. The average Bonchev–Trinajstić information content (AvgIpc) is 2.63. The summed E-state index contributed by atoms with van der Waals surface area (Å²) in [5.74, 6) is -0.0826. The lowest BCUT2D eigenvalue weighted by Gasteiger charge is -2.23. The zero-order valence-corrected chi connectivity index (χ0v) is 18.6. The van der Waals surface area contributed by atoms with E-state index in [4.69, 9.17) is 4.74 Å². The Morgan fingerprint density at radius 3 is 1.68 bits per heavy atom. The monoisotopic (exact) mass is 388 g/mol. The van der Waals surface area contributed by atoms with E-state index in [-0.39, 0.29) is 5.97 Å². The molecule has 0 aromatic heterocycles. The third kappa shape index (κ3) is 22.2. The highest BCUT2D eigenvalue weighted by molar-refractivity contribution is 5.69. The van der Waals surface area contributed by atoms with Crippen molar-refractivity contribution < 1.29 is 14.0 Å². The van der Waals surface area contributed by atoms with Crippen molar-refractivity contribution in [3.63, 3.8) is 0 Å². The summed E-state index contributed by atoms with van der Waals surface area (Å²) in [4.78, 5) is 11.6. The molecule has 0 bridgehead atoms. The van der Waals surface area contributed by atoms with Gasteiger partial charge < -0.3 is 9.22 Å². The number of rotatable bonds is 16. The van der Waals surface area contributed by atoms with Gasteiger partial charge in [-0.2, -0.15) is 0 Å². The molecule has 0 heterocycles. The first kappa shape index (κ1) is 26.1. The van der Waals surface area contributed by atoms with Gasteiger partial charge in [0.15, 0.2) is 0 Å². The van der Waals surface area contributed by atoms with Gasteiger partial charge in [-0.1, -0.05) is 67.7 Å². The van der Waals surface area contributed by atoms with Crippen LogP contribution in [0, 0.1) is 0 Å². The van der Waals surface area contributed by atoms with Crippen LogP contribution in [0.5, 0.6) is 0 Å². The summed E-state index contributed by atoms with van der Waals surface area (Å²) in [5.41, 5.74) is 0. The van der Waals surface area contributed by atoms with Crippen LogP contribution in [0.3, 0.4) is 0 Å². The van der Waals surface area contributed by atoms with Crippen molar-refractivity contribution in [1.82, 2.24) is 0 Å². The summed E-state index contributed by atoms with van der Waals surface area (Å²) >= 11 is 0. The van der Waals surface area contributed by atoms with Gasteiger partial charge >= 0.3 is 5.97 Å². The zero-order valence-electron chi connectivity index (χ0n) is 18.6. The van der Waals surface area contributed by atoms with Crippen molar-refractivity contribution in [2.45, 2.75) is 58.3 Å². The Morgan fingerprint density at radius 1 is 0.750 bits per heavy atom. The SMILES string of the molecule is CC/C=C\C/C=C\C/C=C\C/C=C\C/C=C\CCCC(=O)OCC[N+](C)(C)C. The summed E-state index contributed by atoms with van der Waals surface area (Å²) in [5, 5.41) is 0. The molecule has 158 valence electrons. The summed E-state index contributed by atoms with van der Waals surface area (Å²) < 4.78 is 6.06. The number of hydrogen-bond acceptors (Lipinski definition) is 2. The standard InChI is InChI=1S/C25H42NO2/c1-5-6-7-8-9-10-11-12-13-14-15-16-17-18-19-20-21-22-25(27)28-24-23-26(2,3)4/h6-7,9-10,12-13,15-16,18-19H,5,8,11,14,17,20-24H2,1-4H3/q+1/b7-6-,10-9-,13-12-,16-15-,19-18-. The first-order valence-electron chi connectivity index (χ1n) is 10.7. The molecule has 0 atom stereocenters. The molecule has 0 aliphatic heterocycles. The fourth-order valence-electron chi connectivity index (χ4n) is 2.24. The van der Waals surface area contributed by atoms with Gasteiger partial charge in [0.2, 0.25) is 0 Å². The number of carbonyl (C=O) groups is 1. The second-order valence-corrected chi connectivity index (χ2v) is 7.83. The topological polar surface area (TPSA) is 26.3 Å². The maximum absolute atomic E-state index is 11.6. The lowest BCUT2D eigenvalue weighted by Crippen LogP contribution is -2.37. The van der Waals surface area contributed by atoms with Crippen LogP contribution in [-0.4, -0.2) is 44.7 Å². The van der Waals surface area contributed by atoms with Crippen molar-refractivity contribution in [2.24, 2.45) is 0 Å². The number of hydrogen-bond donors (Lipinski definition) is 0. The van der Waals surface area contributed by atoms with Crippen LogP contribution >= 0.6 is 0 Å². The highest BCUT2D eigenvalue weighted by Gasteiger charge is 2.08. The van der Waals surface area contributed by atoms with Crippen LogP contribution in [0.15, 0.2) is 60.8 Å². The predicted molar refractivity (Wildman–Crippen MR) is 122 cm³/mol. The molecule has 0 amide bonds. The van der Waals surface area contributed by atoms with Gasteiger partial charge in [0.05, 0.1) is 21.1 Å². The number of likely N-dealkylation sites (N-methyl/N-ethyl adjacent to an activating group) is 1. The molecule has 3 nitrogen and oxygen atoms in total. The molecule has 0 aromatic rings. The number of quaternary nitrogens is 1. The average molecular weight is 389 g/mol. The van der Waals surface area contributed by atoms with Gasteiger partial charge in [-0.15, -0.1) is 0 Å². The summed E-state index contributed by atoms with van der Waals surface area (Å²) in [6, 6.07) is 0. The summed E-state index contributed by atoms with van der Waals surface area (Å²) in [6.07, 6.45) is 29.3. The first-order chi connectivity index (χ1) is 13.5. The van der Waals surface area contributed by atoms with Crippen LogP contribution in [0.25, 0.3) is 0 Å². The molecule has 0 rings (SSSR count). The Bertz CT molecular complexity index is 519. The molecule has 0 fully saturated rings. The predicted octanol–water partition coefficient (Wildman–Crippen LogP) is 6.16. The molecular formula is C25H42NO2+. The smallest absolute Gasteiger partial charge is 0.306 e. The highest BCUT2D eigenvalue weighted by Crippen LogP contribution is 2.01. The molecule has 0 radical (unpaired) electrons. The van der Waals surface area contributed by atoms with Crippen LogP contribution in [-0.2, 0) is 9.53 Å². The van der Waals surface area contributed by atoms with E-state index < -0.39 is 0 Å². The van der Waals surface area contributed by atoms with Crippen LogP contribution < -0.4 is 0 Å². The van der Waals surface area contributed by atoms with Crippen LogP contribution in [0.2, 0.25) is 0 Å². The van der Waals surface area contributed by atoms with E-state index in [1.165, 1.54) is 0 Å². The lowest BCUT2D eigenvalue weighted by atomic mass is 10.2. The number of ether oxygens (including phenoxy) is 1. The minimum absolute atomic E-state index is 0.0826. The Kier molecular flexibility index (Phi) is 17.3. The van der Waals surface area contributed by atoms with Gasteiger partial charge in [-0.3, -0.25) is 4.79 Å². The van der Waals surface area contributed by atoms with Crippen molar-refractivity contribution in [2.75, 3.05) is 34.3 Å². The van der Waals surface area contributed by atoms with Crippen molar-refractivity contribution >= 4 is 5.97 Å². The van der Waals surface area contributed by atoms with E-state index in [0.29, 0.717) is 13.0 Å². The Balaban J connectivity index is 3.55. The summed E-state index contributed by atoms with van der Waals surface area (Å²) in [7, 11) is 6.28. The normalized spacial score (nSPS) is 13.1. The second kappa shape index (κ2) is 18.5. The highest BCUT2D eigenvalue weighted by atomic mass is 16.5. The molecule has 0 aliphatic carbocycles. The van der Waals surface area contributed by atoms with Crippen LogP contribution in [0.4, 0.5) is 0 Å². The second-order valence-electron chi connectivity index (χ2n) is 7.83. The Hall–Kier alpha value is -1.87. The van der Waals surface area contributed by atoms with E-state index in [2.05, 4.69) is 88.8 Å². The van der Waals surface area contributed by atoms with Crippen molar-refractivity contribution in [3.8, 4) is 0 Å². The maximum Gasteiger partial charge on any atom is 0.306 e. The van der Waals surface area contributed by atoms with E-state index in [1.54, 1.807) is 0 Å². The Morgan fingerprint density at radius 2 is 1.21 bits per heavy atom. The molecule has 0 N–H and O–H groups in total. The van der Waals surface area contributed by atoms with E-state index in [9.17, 15) is 4.79 Å². The van der Waals surface area contributed by atoms with E-state index >= 15 is 0 Å². The zero-order chi connectivity index (χ0) is 20.9. The molecule has 0 spiro atoms. The maximum atomic E-state index is 11.6. The van der Waals surface area contributed by atoms with E-state index in [0.717, 1.165) is 56.0 Å². The van der Waals surface area contributed by atoms with Crippen molar-refractivity contribution in [3.05, 3.63) is 60.8 Å². The molecule has 0 aromatic carbocycles.